The van der Waals surface area contributed by atoms with Crippen LogP contribution in [0.25, 0.3) is 0 Å². The van der Waals surface area contributed by atoms with Gasteiger partial charge in [0.2, 0.25) is 0 Å². The normalized spacial score (nSPS) is 14.6. The summed E-state index contributed by atoms with van der Waals surface area (Å²) in [6.07, 6.45) is 0.253. The largest absolute Gasteiger partial charge is 0.497 e. The molecule has 0 fully saturated rings. The summed E-state index contributed by atoms with van der Waals surface area (Å²) >= 11 is 0. The molecule has 0 saturated heterocycles. The number of carbonyl (C=O) groups excluding carboxylic acids is 2. The first-order chi connectivity index (χ1) is 18.8. The minimum atomic E-state index is -0.655. The van der Waals surface area contributed by atoms with Crippen LogP contribution in [0.15, 0.2) is 77.9 Å². The number of ether oxygens (including phenoxy) is 2. The summed E-state index contributed by atoms with van der Waals surface area (Å²) in [7, 11) is 3.02. The molecule has 0 saturated carbocycles. The molecule has 1 aliphatic heterocycles. The molecule has 0 N–H and O–H groups in total. The van der Waals surface area contributed by atoms with Gasteiger partial charge in [-0.3, -0.25) is 19.7 Å². The third kappa shape index (κ3) is 6.44. The number of rotatable bonds is 10. The van der Waals surface area contributed by atoms with Crippen molar-refractivity contribution in [3.8, 4) is 5.75 Å². The second-order valence-electron chi connectivity index (χ2n) is 8.81. The molecular formula is C28H27FN4O6. The van der Waals surface area contributed by atoms with Crippen molar-refractivity contribution in [2.45, 2.75) is 12.5 Å². The smallest absolute Gasteiger partial charge is 0.269 e. The zero-order valence-electron chi connectivity index (χ0n) is 21.5. The van der Waals surface area contributed by atoms with Gasteiger partial charge in [0, 0.05) is 37.8 Å². The predicted octanol–water partition coefficient (Wildman–Crippen LogP) is 4.21. The lowest BCUT2D eigenvalue weighted by Crippen LogP contribution is -2.42. The molecule has 3 aromatic carbocycles. The van der Waals surface area contributed by atoms with E-state index in [1.54, 1.807) is 48.5 Å². The monoisotopic (exact) mass is 534 g/mol. The van der Waals surface area contributed by atoms with E-state index in [9.17, 15) is 24.1 Å². The van der Waals surface area contributed by atoms with Crippen molar-refractivity contribution in [2.75, 3.05) is 33.9 Å². The molecule has 0 bridgehead atoms. The Hall–Kier alpha value is -4.64. The Morgan fingerprint density at radius 2 is 1.82 bits per heavy atom. The molecule has 1 aliphatic rings. The summed E-state index contributed by atoms with van der Waals surface area (Å²) < 4.78 is 23.8. The molecule has 10 nitrogen and oxygen atoms in total. The Labute approximate surface area is 224 Å². The van der Waals surface area contributed by atoms with Crippen molar-refractivity contribution in [1.29, 1.82) is 0 Å². The van der Waals surface area contributed by atoms with Gasteiger partial charge in [-0.2, -0.15) is 5.10 Å². The highest BCUT2D eigenvalue weighted by molar-refractivity contribution is 6.03. The number of non-ortho nitro benzene ring substituents is 1. The van der Waals surface area contributed by atoms with Crippen LogP contribution in [0.3, 0.4) is 0 Å². The molecular weight excluding hydrogens is 507 g/mol. The van der Waals surface area contributed by atoms with Crippen molar-refractivity contribution >= 4 is 23.2 Å². The van der Waals surface area contributed by atoms with Crippen molar-refractivity contribution < 1.29 is 28.4 Å². The molecule has 0 aromatic heterocycles. The van der Waals surface area contributed by atoms with E-state index >= 15 is 0 Å². The highest BCUT2D eigenvalue weighted by Crippen LogP contribution is 2.34. The maximum atomic E-state index is 13.7. The predicted molar refractivity (Wildman–Crippen MR) is 141 cm³/mol. The second kappa shape index (κ2) is 12.3. The number of halogens is 1. The van der Waals surface area contributed by atoms with Crippen LogP contribution in [0, 0.1) is 15.9 Å². The molecule has 0 radical (unpaired) electrons. The molecule has 0 aliphatic carbocycles. The van der Waals surface area contributed by atoms with Gasteiger partial charge < -0.3 is 14.4 Å². The maximum Gasteiger partial charge on any atom is 0.269 e. The van der Waals surface area contributed by atoms with Crippen LogP contribution in [0.5, 0.6) is 5.75 Å². The number of nitro groups is 1. The lowest BCUT2D eigenvalue weighted by Gasteiger charge is -2.27. The number of methoxy groups -OCH3 is 2. The number of amides is 2. The first kappa shape index (κ1) is 27.4. The van der Waals surface area contributed by atoms with Gasteiger partial charge in [-0.15, -0.1) is 0 Å². The number of nitro benzene ring substituents is 1. The Bertz CT molecular complexity index is 1380. The fourth-order valence-corrected chi connectivity index (χ4v) is 4.27. The van der Waals surface area contributed by atoms with Crippen molar-refractivity contribution in [3.05, 3.63) is 105 Å². The fraction of sp³-hybridized carbons (Fsp3) is 0.250. The molecule has 3 aromatic rings. The van der Waals surface area contributed by atoms with Crippen LogP contribution >= 0.6 is 0 Å². The van der Waals surface area contributed by atoms with Crippen LogP contribution in [-0.2, 0) is 9.53 Å². The highest BCUT2D eigenvalue weighted by Gasteiger charge is 2.35. The first-order valence-electron chi connectivity index (χ1n) is 12.1. The van der Waals surface area contributed by atoms with Gasteiger partial charge in [0.25, 0.3) is 17.5 Å². The maximum absolute atomic E-state index is 13.7. The summed E-state index contributed by atoms with van der Waals surface area (Å²) in [5.41, 5.74) is 1.90. The molecule has 11 heteroatoms. The summed E-state index contributed by atoms with van der Waals surface area (Å²) in [6.45, 7) is 0.0460. The molecule has 1 atom stereocenters. The van der Waals surface area contributed by atoms with Crippen LogP contribution in [0.2, 0.25) is 0 Å². The molecule has 2 amide bonds. The highest BCUT2D eigenvalue weighted by atomic mass is 19.1. The number of nitrogens with zero attached hydrogens (tertiary/aromatic N) is 4. The van der Waals surface area contributed by atoms with Gasteiger partial charge in [-0.05, 0) is 47.5 Å². The number of carbonyl (C=O) groups is 2. The molecule has 202 valence electrons. The van der Waals surface area contributed by atoms with E-state index in [1.165, 1.54) is 48.4 Å². The zero-order chi connectivity index (χ0) is 27.9. The van der Waals surface area contributed by atoms with E-state index in [-0.39, 0.29) is 37.7 Å². The lowest BCUT2D eigenvalue weighted by molar-refractivity contribution is -0.385. The summed E-state index contributed by atoms with van der Waals surface area (Å²) in [6, 6.07) is 17.6. The first-order valence-corrected chi connectivity index (χ1v) is 12.1. The summed E-state index contributed by atoms with van der Waals surface area (Å²) in [5.74, 6) is -0.685. The number of benzene rings is 3. The number of hydrogen-bond donors (Lipinski definition) is 0. The van der Waals surface area contributed by atoms with E-state index < -0.39 is 22.7 Å². The third-order valence-corrected chi connectivity index (χ3v) is 6.32. The number of hydrazone groups is 1. The molecule has 0 spiro atoms. The summed E-state index contributed by atoms with van der Waals surface area (Å²) in [4.78, 5) is 39.2. The quantitative estimate of drug-likeness (QED) is 0.284. The van der Waals surface area contributed by atoms with Crippen molar-refractivity contribution in [1.82, 2.24) is 9.91 Å². The number of hydrogen-bond acceptors (Lipinski definition) is 7. The second-order valence-corrected chi connectivity index (χ2v) is 8.81. The van der Waals surface area contributed by atoms with Crippen molar-refractivity contribution in [2.24, 2.45) is 5.10 Å². The zero-order valence-corrected chi connectivity index (χ0v) is 21.5. The minimum Gasteiger partial charge on any atom is -0.497 e. The van der Waals surface area contributed by atoms with Crippen LogP contribution in [-0.4, -0.2) is 66.3 Å². The molecule has 1 heterocycles. The van der Waals surface area contributed by atoms with Crippen LogP contribution < -0.4 is 4.74 Å². The Morgan fingerprint density at radius 3 is 2.46 bits per heavy atom. The standard InChI is InChI=1S/C28H27FN4O6/c1-38-15-14-31(28(35)20-8-12-24(39-2)13-9-20)18-27(34)32-26(21-4-3-5-23(16-21)33(36)37)17-25(30-32)19-6-10-22(29)11-7-19/h3-13,16,26H,14-15,17-18H2,1-2H3. The van der Waals surface area contributed by atoms with Gasteiger partial charge in [-0.25, -0.2) is 9.40 Å². The van der Waals surface area contributed by atoms with E-state index in [0.717, 1.165) is 0 Å². The van der Waals surface area contributed by atoms with Gasteiger partial charge >= 0.3 is 0 Å². The topological polar surface area (TPSA) is 115 Å². The third-order valence-electron chi connectivity index (χ3n) is 6.32. The lowest BCUT2D eigenvalue weighted by atomic mass is 9.98. The van der Waals surface area contributed by atoms with Gasteiger partial charge in [0.1, 0.15) is 18.1 Å². The van der Waals surface area contributed by atoms with E-state index in [2.05, 4.69) is 5.10 Å². The van der Waals surface area contributed by atoms with Crippen molar-refractivity contribution in [3.63, 3.8) is 0 Å². The Morgan fingerprint density at radius 1 is 1.10 bits per heavy atom. The van der Waals surface area contributed by atoms with Gasteiger partial charge in [-0.1, -0.05) is 24.3 Å². The molecule has 4 rings (SSSR count). The van der Waals surface area contributed by atoms with Gasteiger partial charge in [0.15, 0.2) is 0 Å². The van der Waals surface area contributed by atoms with Crippen LogP contribution in [0.1, 0.15) is 33.9 Å². The van der Waals surface area contributed by atoms with Gasteiger partial charge in [0.05, 0.1) is 30.4 Å². The van der Waals surface area contributed by atoms with E-state index in [1.807, 2.05) is 0 Å². The average molecular weight is 535 g/mol. The fourth-order valence-electron chi connectivity index (χ4n) is 4.27. The Balaban J connectivity index is 1.64. The molecule has 1 unspecified atom stereocenters. The van der Waals surface area contributed by atoms with E-state index in [0.29, 0.717) is 28.2 Å². The van der Waals surface area contributed by atoms with Crippen LogP contribution in [0.4, 0.5) is 10.1 Å². The summed E-state index contributed by atoms with van der Waals surface area (Å²) in [5, 5.41) is 17.2. The minimum absolute atomic E-state index is 0.119. The average Bonchev–Trinajstić information content (AvgIpc) is 3.41. The molecule has 39 heavy (non-hydrogen) atoms. The Kier molecular flexibility index (Phi) is 8.62. The SMILES string of the molecule is COCCN(CC(=O)N1N=C(c2ccc(F)cc2)CC1c1cccc([N+](=O)[O-])c1)C(=O)c1ccc(OC)cc1. The van der Waals surface area contributed by atoms with E-state index in [4.69, 9.17) is 9.47 Å².